The van der Waals surface area contributed by atoms with Gasteiger partial charge in [-0.3, -0.25) is 4.79 Å². The molecule has 15 heteroatoms. The molecule has 2 fully saturated rings. The van der Waals surface area contributed by atoms with E-state index in [2.05, 4.69) is 0 Å². The Kier molecular flexibility index (Phi) is 8.30. The first-order valence-electron chi connectivity index (χ1n) is 12.9. The lowest BCUT2D eigenvalue weighted by Crippen LogP contribution is -2.61. The molecule has 10 unspecified atom stereocenters. The van der Waals surface area contributed by atoms with Gasteiger partial charge in [0.05, 0.1) is 12.7 Å². The molecule has 0 spiro atoms. The minimum absolute atomic E-state index is 0.0180. The molecule has 2 aliphatic rings. The maximum atomic E-state index is 12.8. The molecule has 10 atom stereocenters. The number of benzene rings is 2. The lowest BCUT2D eigenvalue weighted by atomic mass is 9.98. The normalized spacial score (nSPS) is 33.5. The van der Waals surface area contributed by atoms with Gasteiger partial charge in [-0.1, -0.05) is 0 Å². The van der Waals surface area contributed by atoms with Crippen LogP contribution in [0.15, 0.2) is 45.6 Å². The molecule has 228 valence electrons. The monoisotopic (exact) mass is 594 g/mol. The van der Waals surface area contributed by atoms with Gasteiger partial charge in [0.2, 0.25) is 12.0 Å². The second-order valence-corrected chi connectivity index (χ2v) is 10.1. The number of rotatable bonds is 6. The van der Waals surface area contributed by atoms with E-state index in [0.717, 1.165) is 12.1 Å². The zero-order chi connectivity index (χ0) is 30.5. The molecule has 15 nitrogen and oxygen atoms in total. The van der Waals surface area contributed by atoms with Crippen molar-refractivity contribution in [2.75, 3.05) is 6.61 Å². The van der Waals surface area contributed by atoms with Crippen LogP contribution in [-0.2, 0) is 14.2 Å². The van der Waals surface area contributed by atoms with Gasteiger partial charge in [-0.15, -0.1) is 0 Å². The van der Waals surface area contributed by atoms with Crippen molar-refractivity contribution in [1.29, 1.82) is 0 Å². The molecule has 0 saturated carbocycles. The van der Waals surface area contributed by atoms with E-state index in [-0.39, 0.29) is 22.5 Å². The maximum Gasteiger partial charge on any atom is 0.229 e. The van der Waals surface area contributed by atoms with Crippen molar-refractivity contribution in [3.8, 4) is 34.3 Å². The molecule has 3 aromatic rings. The summed E-state index contributed by atoms with van der Waals surface area (Å²) in [6, 6.07) is 7.85. The summed E-state index contributed by atoms with van der Waals surface area (Å²) < 4.78 is 27.6. The van der Waals surface area contributed by atoms with Crippen molar-refractivity contribution in [1.82, 2.24) is 0 Å². The highest BCUT2D eigenvalue weighted by Gasteiger charge is 2.47. The van der Waals surface area contributed by atoms with Crippen LogP contribution in [0.3, 0.4) is 0 Å². The number of hydrogen-bond acceptors (Lipinski definition) is 15. The Bertz CT molecular complexity index is 1470. The van der Waals surface area contributed by atoms with E-state index in [0.29, 0.717) is 5.56 Å². The van der Waals surface area contributed by atoms with Gasteiger partial charge in [-0.2, -0.15) is 0 Å². The molecule has 2 aromatic carbocycles. The van der Waals surface area contributed by atoms with Gasteiger partial charge in [0.1, 0.15) is 65.2 Å². The second kappa shape index (κ2) is 11.6. The summed E-state index contributed by atoms with van der Waals surface area (Å²) in [6.07, 6.45) is -15.6. The van der Waals surface area contributed by atoms with E-state index in [1.807, 2.05) is 0 Å². The van der Waals surface area contributed by atoms with Gasteiger partial charge < -0.3 is 69.3 Å². The zero-order valence-corrected chi connectivity index (χ0v) is 21.9. The fourth-order valence-electron chi connectivity index (χ4n) is 4.74. The fourth-order valence-corrected chi connectivity index (χ4v) is 4.74. The molecule has 0 aliphatic carbocycles. The third kappa shape index (κ3) is 5.49. The van der Waals surface area contributed by atoms with Gasteiger partial charge in [0.25, 0.3) is 0 Å². The lowest BCUT2D eigenvalue weighted by Gasteiger charge is -2.42. The van der Waals surface area contributed by atoms with Gasteiger partial charge in [-0.05, 0) is 31.2 Å². The summed E-state index contributed by atoms with van der Waals surface area (Å²) in [5.41, 5.74) is -0.515. The number of phenolic OH excluding ortho intramolecular Hbond substituents is 3. The quantitative estimate of drug-likeness (QED) is 0.149. The minimum Gasteiger partial charge on any atom is -0.508 e. The second-order valence-electron chi connectivity index (χ2n) is 10.1. The predicted molar refractivity (Wildman–Crippen MR) is 139 cm³/mol. The molecule has 3 heterocycles. The van der Waals surface area contributed by atoms with Crippen LogP contribution in [0.25, 0.3) is 22.3 Å². The molecule has 9 N–H and O–H groups in total. The molecule has 42 heavy (non-hydrogen) atoms. The van der Waals surface area contributed by atoms with E-state index in [9.17, 15) is 50.8 Å². The van der Waals surface area contributed by atoms with Gasteiger partial charge in [-0.25, -0.2) is 0 Å². The highest BCUT2D eigenvalue weighted by molar-refractivity contribution is 5.89. The van der Waals surface area contributed by atoms with E-state index >= 15 is 0 Å². The number of aliphatic hydroxyl groups is 6. The van der Waals surface area contributed by atoms with Crippen LogP contribution >= 0.6 is 0 Å². The largest absolute Gasteiger partial charge is 0.508 e. The number of aliphatic hydroxyl groups excluding tert-OH is 6. The first-order valence-corrected chi connectivity index (χ1v) is 12.9. The average Bonchev–Trinajstić information content (AvgIpc) is 2.96. The molecule has 0 bridgehead atoms. The molecular weight excluding hydrogens is 564 g/mol. The van der Waals surface area contributed by atoms with Crippen molar-refractivity contribution < 1.29 is 69.3 Å². The number of fused-ring (bicyclic) bond motifs is 1. The topological polar surface area (TPSA) is 249 Å². The van der Waals surface area contributed by atoms with Crippen LogP contribution in [0, 0.1) is 0 Å². The summed E-state index contributed by atoms with van der Waals surface area (Å²) in [7, 11) is 0. The Balaban J connectivity index is 1.38. The smallest absolute Gasteiger partial charge is 0.229 e. The minimum atomic E-state index is -1.88. The van der Waals surface area contributed by atoms with Crippen molar-refractivity contribution in [2.45, 2.75) is 68.3 Å². The fraction of sp³-hybridized carbons (Fsp3) is 0.444. The number of ether oxygens (including phenoxy) is 4. The average molecular weight is 595 g/mol. The van der Waals surface area contributed by atoms with Crippen LogP contribution < -0.4 is 10.2 Å². The van der Waals surface area contributed by atoms with Crippen LogP contribution in [0.1, 0.15) is 6.92 Å². The van der Waals surface area contributed by atoms with E-state index in [1.165, 1.54) is 31.2 Å². The Morgan fingerprint density at radius 2 is 1.40 bits per heavy atom. The van der Waals surface area contributed by atoms with E-state index in [1.54, 1.807) is 0 Å². The van der Waals surface area contributed by atoms with Gasteiger partial charge in [0, 0.05) is 17.7 Å². The van der Waals surface area contributed by atoms with Gasteiger partial charge >= 0.3 is 0 Å². The Labute approximate surface area is 236 Å². The molecule has 0 amide bonds. The Hall–Kier alpha value is -3.51. The van der Waals surface area contributed by atoms with Crippen LogP contribution in [0.4, 0.5) is 0 Å². The maximum absolute atomic E-state index is 12.8. The summed E-state index contributed by atoms with van der Waals surface area (Å²) in [4.78, 5) is 12.8. The molecule has 2 saturated heterocycles. The van der Waals surface area contributed by atoms with E-state index < -0.39 is 90.7 Å². The van der Waals surface area contributed by atoms with Crippen molar-refractivity contribution in [3.63, 3.8) is 0 Å². The third-order valence-corrected chi connectivity index (χ3v) is 7.23. The standard InChI is InChI=1S/C27H30O15/c1-9-18(30)22(34)24(36)26(39-9)38-8-16-20(32)23(35)25(37)27(42-16)41-15-7-14-17(21(33)19(15)31)12(29)6-13(40-14)10-2-4-11(28)5-3-10/h2-7,9,16,18,20,22-28,30-37H,8H2,1H3. The lowest BCUT2D eigenvalue weighted by molar-refractivity contribution is -0.318. The number of hydrogen-bond donors (Lipinski definition) is 9. The van der Waals surface area contributed by atoms with Crippen molar-refractivity contribution in [3.05, 3.63) is 46.6 Å². The molecule has 1 aromatic heterocycles. The third-order valence-electron chi connectivity index (χ3n) is 7.23. The van der Waals surface area contributed by atoms with Gasteiger partial charge in [0.15, 0.2) is 23.2 Å². The molecular formula is C27H30O15. The van der Waals surface area contributed by atoms with E-state index in [4.69, 9.17) is 23.4 Å². The van der Waals surface area contributed by atoms with Crippen molar-refractivity contribution >= 4 is 11.0 Å². The highest BCUT2D eigenvalue weighted by atomic mass is 16.7. The van der Waals surface area contributed by atoms with Crippen LogP contribution in [0.5, 0.6) is 23.0 Å². The zero-order valence-electron chi connectivity index (χ0n) is 21.9. The Morgan fingerprint density at radius 3 is 2.10 bits per heavy atom. The number of aromatic hydroxyl groups is 3. The first kappa shape index (κ1) is 30.0. The van der Waals surface area contributed by atoms with Crippen molar-refractivity contribution in [2.24, 2.45) is 0 Å². The summed E-state index contributed by atoms with van der Waals surface area (Å²) in [5, 5.41) is 91.6. The summed E-state index contributed by atoms with van der Waals surface area (Å²) >= 11 is 0. The Morgan fingerprint density at radius 1 is 0.762 bits per heavy atom. The van der Waals surface area contributed by atoms with Crippen LogP contribution in [0.2, 0.25) is 0 Å². The molecule has 0 radical (unpaired) electrons. The SMILES string of the molecule is CC1OC(OCC2OC(Oc3cc4oc(-c5ccc(O)cc5)cc(=O)c4c(O)c3O)C(O)C(O)C2O)C(O)C(O)C1O. The van der Waals surface area contributed by atoms with Crippen LogP contribution in [-0.4, -0.2) is 114 Å². The summed E-state index contributed by atoms with van der Waals surface area (Å²) in [5.74, 6) is -2.27. The first-order chi connectivity index (χ1) is 19.9. The summed E-state index contributed by atoms with van der Waals surface area (Å²) in [6.45, 7) is 0.884. The molecule has 2 aliphatic heterocycles. The highest BCUT2D eigenvalue weighted by Crippen LogP contribution is 2.42. The predicted octanol–water partition coefficient (Wildman–Crippen LogP) is -1.39. The number of phenols is 3. The molecule has 5 rings (SSSR count).